The molecule has 0 saturated carbocycles. The lowest BCUT2D eigenvalue weighted by molar-refractivity contribution is 1.66. The molecule has 116 valence electrons. The molecule has 6 aromatic rings. The molecule has 4 aromatic heterocycles. The zero-order chi connectivity index (χ0) is 16.0. The lowest BCUT2D eigenvalue weighted by Crippen LogP contribution is -1.64. The van der Waals surface area contributed by atoms with E-state index in [0.29, 0.717) is 0 Å². The lowest BCUT2D eigenvalue weighted by atomic mass is 10.1. The Bertz CT molecular complexity index is 1310. The molecule has 0 unspecified atom stereocenters. The van der Waals surface area contributed by atoms with E-state index in [-0.39, 0.29) is 0 Å². The van der Waals surface area contributed by atoms with Gasteiger partial charge in [0.2, 0.25) is 0 Å². The molecule has 6 rings (SSSR count). The minimum Gasteiger partial charge on any atom is -0.141 e. The Hall–Kier alpha value is -1.46. The van der Waals surface area contributed by atoms with Crippen molar-refractivity contribution in [1.82, 2.24) is 0 Å². The quantitative estimate of drug-likeness (QED) is 0.248. The fourth-order valence-electron chi connectivity index (χ4n) is 3.69. The fraction of sp³-hybridized carbons (Fsp3) is 0.100. The molecule has 0 saturated heterocycles. The number of hydrogen-bond acceptors (Lipinski definition) is 4. The molecule has 2 aromatic carbocycles. The van der Waals surface area contributed by atoms with Crippen LogP contribution in [0.1, 0.15) is 9.75 Å². The van der Waals surface area contributed by atoms with E-state index in [0.717, 1.165) is 0 Å². The van der Waals surface area contributed by atoms with Crippen LogP contribution in [0.3, 0.4) is 0 Å². The molecule has 0 radical (unpaired) electrons. The van der Waals surface area contributed by atoms with Gasteiger partial charge in [0.25, 0.3) is 0 Å². The highest BCUT2D eigenvalue weighted by atomic mass is 32.1. The van der Waals surface area contributed by atoms with Crippen molar-refractivity contribution in [3.8, 4) is 0 Å². The maximum absolute atomic E-state index is 2.36. The molecule has 0 aliphatic heterocycles. The summed E-state index contributed by atoms with van der Waals surface area (Å²) in [6.07, 6.45) is 0. The number of benzene rings is 2. The van der Waals surface area contributed by atoms with Crippen molar-refractivity contribution in [2.45, 2.75) is 13.8 Å². The molecule has 0 amide bonds. The van der Waals surface area contributed by atoms with Crippen LogP contribution in [0.4, 0.5) is 0 Å². The van der Waals surface area contributed by atoms with Crippen molar-refractivity contribution in [2.75, 3.05) is 0 Å². The Labute approximate surface area is 154 Å². The summed E-state index contributed by atoms with van der Waals surface area (Å²) in [5.74, 6) is 0. The van der Waals surface area contributed by atoms with Gasteiger partial charge in [-0.1, -0.05) is 6.07 Å². The van der Waals surface area contributed by atoms with Crippen LogP contribution in [0.2, 0.25) is 0 Å². The highest BCUT2D eigenvalue weighted by Crippen LogP contribution is 2.50. The Morgan fingerprint density at radius 1 is 0.583 bits per heavy atom. The average molecular weight is 381 g/mol. The van der Waals surface area contributed by atoms with Crippen LogP contribution in [-0.2, 0) is 0 Å². The Kier molecular flexibility index (Phi) is 2.63. The molecule has 0 nitrogen and oxygen atoms in total. The molecule has 0 aliphatic carbocycles. The number of aryl methyl sites for hydroxylation is 2. The zero-order valence-corrected chi connectivity index (χ0v) is 16.4. The van der Waals surface area contributed by atoms with Gasteiger partial charge < -0.3 is 0 Å². The molecule has 0 fully saturated rings. The van der Waals surface area contributed by atoms with Crippen LogP contribution < -0.4 is 0 Å². The first-order valence-electron chi connectivity index (χ1n) is 7.86. The summed E-state index contributed by atoms with van der Waals surface area (Å²) < 4.78 is 8.68. The first-order chi connectivity index (χ1) is 11.7. The maximum Gasteiger partial charge on any atom is 0.0556 e. The van der Waals surface area contributed by atoms with Crippen LogP contribution >= 0.6 is 45.3 Å². The minimum atomic E-state index is 1.39. The maximum atomic E-state index is 2.36. The monoisotopic (exact) mass is 380 g/mol. The van der Waals surface area contributed by atoms with Gasteiger partial charge in [0.15, 0.2) is 0 Å². The van der Waals surface area contributed by atoms with Crippen molar-refractivity contribution >= 4 is 95.1 Å². The third kappa shape index (κ3) is 1.67. The van der Waals surface area contributed by atoms with Crippen LogP contribution in [-0.4, -0.2) is 0 Å². The third-order valence-corrected chi connectivity index (χ3v) is 9.22. The molecule has 4 heterocycles. The van der Waals surface area contributed by atoms with Gasteiger partial charge >= 0.3 is 0 Å². The van der Waals surface area contributed by atoms with E-state index < -0.39 is 0 Å². The molecule has 0 spiro atoms. The van der Waals surface area contributed by atoms with E-state index in [9.17, 15) is 0 Å². The van der Waals surface area contributed by atoms with Crippen molar-refractivity contribution in [3.63, 3.8) is 0 Å². The van der Waals surface area contributed by atoms with Gasteiger partial charge in [-0.15, -0.1) is 45.3 Å². The first-order valence-corrected chi connectivity index (χ1v) is 11.1. The van der Waals surface area contributed by atoms with E-state index in [2.05, 4.69) is 50.2 Å². The predicted octanol–water partition coefficient (Wildman–Crippen LogP) is 8.32. The molecule has 0 atom stereocenters. The number of thiophene rings is 4. The zero-order valence-electron chi connectivity index (χ0n) is 13.1. The summed E-state index contributed by atoms with van der Waals surface area (Å²) >= 11 is 7.77. The molecule has 0 aliphatic rings. The van der Waals surface area contributed by atoms with Crippen LogP contribution in [0.25, 0.3) is 49.7 Å². The van der Waals surface area contributed by atoms with E-state index in [1.807, 2.05) is 45.3 Å². The molecule has 4 heteroatoms. The summed E-state index contributed by atoms with van der Waals surface area (Å²) in [5, 5.41) is 5.77. The van der Waals surface area contributed by atoms with Crippen LogP contribution in [0, 0.1) is 13.8 Å². The Morgan fingerprint density at radius 2 is 1.25 bits per heavy atom. The van der Waals surface area contributed by atoms with Crippen molar-refractivity contribution < 1.29 is 0 Å². The number of rotatable bonds is 0. The molecule has 0 N–H and O–H groups in total. The number of fused-ring (bicyclic) bond motifs is 9. The van der Waals surface area contributed by atoms with Gasteiger partial charge in [0.1, 0.15) is 0 Å². The first kappa shape index (κ1) is 13.8. The Balaban J connectivity index is 1.92. The molecular formula is C20H12S4. The normalized spacial score (nSPS) is 12.6. The number of hydrogen-bond donors (Lipinski definition) is 0. The van der Waals surface area contributed by atoms with E-state index in [1.165, 1.54) is 59.5 Å². The van der Waals surface area contributed by atoms with Crippen molar-refractivity contribution in [1.29, 1.82) is 0 Å². The highest BCUT2D eigenvalue weighted by molar-refractivity contribution is 7.37. The lowest BCUT2D eigenvalue weighted by Gasteiger charge is -1.93. The van der Waals surface area contributed by atoms with Gasteiger partial charge in [-0.2, -0.15) is 0 Å². The van der Waals surface area contributed by atoms with Gasteiger partial charge in [0, 0.05) is 44.7 Å². The van der Waals surface area contributed by atoms with Crippen molar-refractivity contribution in [2.24, 2.45) is 0 Å². The van der Waals surface area contributed by atoms with Crippen molar-refractivity contribution in [3.05, 3.63) is 46.2 Å². The summed E-state index contributed by atoms with van der Waals surface area (Å²) in [7, 11) is 0. The van der Waals surface area contributed by atoms with E-state index in [4.69, 9.17) is 0 Å². The summed E-state index contributed by atoms with van der Waals surface area (Å²) in [5.41, 5.74) is 0. The standard InChI is InChI=1S/C20H12S4/c1-9-7-11-3-4-15-17(18(11)22-9)20-19(24-15)16-12-8-10(2)21-13(12)5-6-14(16)23-20/h3-8H,1-2H3. The predicted molar refractivity (Wildman–Crippen MR) is 115 cm³/mol. The average Bonchev–Trinajstić information content (AvgIpc) is 3.24. The topological polar surface area (TPSA) is 0 Å². The van der Waals surface area contributed by atoms with Gasteiger partial charge in [0.05, 0.1) is 9.40 Å². The van der Waals surface area contributed by atoms with E-state index in [1.54, 1.807) is 0 Å². The minimum absolute atomic E-state index is 1.39. The summed E-state index contributed by atoms with van der Waals surface area (Å²) in [6.45, 7) is 4.42. The van der Waals surface area contributed by atoms with Crippen LogP contribution in [0.15, 0.2) is 36.4 Å². The third-order valence-electron chi connectivity index (χ3n) is 4.64. The fourth-order valence-corrected chi connectivity index (χ4v) is 8.56. The molecular weight excluding hydrogens is 368 g/mol. The van der Waals surface area contributed by atoms with Crippen LogP contribution in [0.5, 0.6) is 0 Å². The Morgan fingerprint density at radius 3 is 2.12 bits per heavy atom. The molecule has 0 bridgehead atoms. The largest absolute Gasteiger partial charge is 0.141 e. The van der Waals surface area contributed by atoms with Gasteiger partial charge in [-0.3, -0.25) is 0 Å². The summed E-state index contributed by atoms with van der Waals surface area (Å²) in [6, 6.07) is 13.9. The SMILES string of the molecule is Cc1cc2c(ccc3sc4c(sc5ccc6cc(C)sc6c54)c32)s1. The second kappa shape index (κ2) is 4.58. The summed E-state index contributed by atoms with van der Waals surface area (Å²) in [4.78, 5) is 2.79. The van der Waals surface area contributed by atoms with Gasteiger partial charge in [-0.05, 0) is 49.6 Å². The second-order valence-corrected chi connectivity index (χ2v) is 10.9. The van der Waals surface area contributed by atoms with Gasteiger partial charge in [-0.25, -0.2) is 0 Å². The highest BCUT2D eigenvalue weighted by Gasteiger charge is 2.17. The smallest absolute Gasteiger partial charge is 0.0556 e. The van der Waals surface area contributed by atoms with E-state index >= 15 is 0 Å². The second-order valence-electron chi connectivity index (χ2n) is 6.28. The molecule has 24 heavy (non-hydrogen) atoms.